The third kappa shape index (κ3) is 2.70. The Kier molecular flexibility index (Phi) is 3.75. The molecular formula is C18H21NO. The Morgan fingerprint density at radius 3 is 2.80 bits per heavy atom. The van der Waals surface area contributed by atoms with Gasteiger partial charge < -0.3 is 10.4 Å². The molecule has 104 valence electrons. The average Bonchev–Trinajstić information content (AvgIpc) is 2.63. The predicted octanol–water partition coefficient (Wildman–Crippen LogP) is 3.23. The molecule has 0 spiro atoms. The topological polar surface area (TPSA) is 32.3 Å². The minimum atomic E-state index is 0.432. The lowest BCUT2D eigenvalue weighted by Crippen LogP contribution is -2.18. The molecule has 0 saturated heterocycles. The average molecular weight is 267 g/mol. The summed E-state index contributed by atoms with van der Waals surface area (Å²) in [6, 6.07) is 14.5. The number of hydrogen-bond acceptors (Lipinski definition) is 2. The van der Waals surface area contributed by atoms with Gasteiger partial charge in [-0.2, -0.15) is 0 Å². The molecule has 2 heteroatoms. The van der Waals surface area contributed by atoms with Crippen molar-refractivity contribution >= 4 is 0 Å². The molecule has 1 atom stereocenters. The minimum Gasteiger partial charge on any atom is -0.508 e. The molecule has 0 aliphatic carbocycles. The Labute approximate surface area is 120 Å². The fourth-order valence-corrected chi connectivity index (χ4v) is 2.98. The van der Waals surface area contributed by atoms with Crippen LogP contribution in [0.15, 0.2) is 42.5 Å². The van der Waals surface area contributed by atoms with Crippen LogP contribution in [0.4, 0.5) is 0 Å². The second kappa shape index (κ2) is 5.68. The first kappa shape index (κ1) is 13.2. The van der Waals surface area contributed by atoms with Crippen molar-refractivity contribution in [3.05, 3.63) is 64.7 Å². The first-order valence-electron chi connectivity index (χ1n) is 7.33. The smallest absolute Gasteiger partial charge is 0.119 e. The molecule has 2 N–H and O–H groups in total. The molecule has 1 aliphatic heterocycles. The van der Waals surface area contributed by atoms with Crippen molar-refractivity contribution in [1.82, 2.24) is 5.32 Å². The van der Waals surface area contributed by atoms with Crippen molar-refractivity contribution in [2.75, 3.05) is 13.1 Å². The van der Waals surface area contributed by atoms with Crippen molar-refractivity contribution in [1.29, 1.82) is 0 Å². The Hall–Kier alpha value is -1.80. The van der Waals surface area contributed by atoms with Crippen LogP contribution in [0.3, 0.4) is 0 Å². The van der Waals surface area contributed by atoms with Gasteiger partial charge in [-0.15, -0.1) is 0 Å². The lowest BCUT2D eigenvalue weighted by molar-refractivity contribution is 0.468. The normalized spacial score (nSPS) is 18.4. The molecule has 0 amide bonds. The number of rotatable bonds is 2. The van der Waals surface area contributed by atoms with Gasteiger partial charge in [0.25, 0.3) is 0 Å². The van der Waals surface area contributed by atoms with Gasteiger partial charge in [-0.05, 0) is 47.2 Å². The summed E-state index contributed by atoms with van der Waals surface area (Å²) < 4.78 is 0. The molecule has 2 aromatic carbocycles. The molecule has 1 heterocycles. The van der Waals surface area contributed by atoms with E-state index in [1.54, 1.807) is 0 Å². The molecule has 2 aromatic rings. The SMILES string of the molecule is CC1CNCCc2cc(O)c(Cc3ccccc3)cc21. The maximum Gasteiger partial charge on any atom is 0.119 e. The molecule has 2 nitrogen and oxygen atoms in total. The van der Waals surface area contributed by atoms with Crippen LogP contribution in [0.1, 0.15) is 35.1 Å². The molecule has 1 aliphatic rings. The van der Waals surface area contributed by atoms with Crippen molar-refractivity contribution in [2.45, 2.75) is 25.7 Å². The zero-order valence-electron chi connectivity index (χ0n) is 11.9. The Morgan fingerprint density at radius 1 is 1.20 bits per heavy atom. The summed E-state index contributed by atoms with van der Waals surface area (Å²) in [5, 5.41) is 13.7. The molecule has 0 aromatic heterocycles. The van der Waals surface area contributed by atoms with Gasteiger partial charge in [0.15, 0.2) is 0 Å². The fraction of sp³-hybridized carbons (Fsp3) is 0.333. The summed E-state index contributed by atoms with van der Waals surface area (Å²) in [7, 11) is 0. The maximum atomic E-state index is 10.3. The lowest BCUT2D eigenvalue weighted by atomic mass is 9.91. The van der Waals surface area contributed by atoms with E-state index in [1.165, 1.54) is 16.7 Å². The van der Waals surface area contributed by atoms with E-state index in [0.29, 0.717) is 11.7 Å². The molecule has 0 saturated carbocycles. The quantitative estimate of drug-likeness (QED) is 0.875. The number of aromatic hydroxyl groups is 1. The van der Waals surface area contributed by atoms with Gasteiger partial charge in [-0.1, -0.05) is 43.3 Å². The van der Waals surface area contributed by atoms with Crippen LogP contribution in [0.5, 0.6) is 5.75 Å². The van der Waals surface area contributed by atoms with Gasteiger partial charge in [0.1, 0.15) is 5.75 Å². The van der Waals surface area contributed by atoms with Crippen LogP contribution in [-0.4, -0.2) is 18.2 Å². The van der Waals surface area contributed by atoms with E-state index in [2.05, 4.69) is 30.4 Å². The summed E-state index contributed by atoms with van der Waals surface area (Å²) >= 11 is 0. The van der Waals surface area contributed by atoms with E-state index in [9.17, 15) is 5.11 Å². The maximum absolute atomic E-state index is 10.3. The van der Waals surface area contributed by atoms with Gasteiger partial charge in [0.05, 0.1) is 0 Å². The highest BCUT2D eigenvalue weighted by Crippen LogP contribution is 2.30. The van der Waals surface area contributed by atoms with E-state index in [0.717, 1.165) is 31.5 Å². The van der Waals surface area contributed by atoms with Crippen LogP contribution in [-0.2, 0) is 12.8 Å². The predicted molar refractivity (Wildman–Crippen MR) is 82.3 cm³/mol. The van der Waals surface area contributed by atoms with Crippen LogP contribution < -0.4 is 5.32 Å². The Morgan fingerprint density at radius 2 is 2.00 bits per heavy atom. The molecule has 0 fully saturated rings. The van der Waals surface area contributed by atoms with E-state index >= 15 is 0 Å². The summed E-state index contributed by atoms with van der Waals surface area (Å²) in [5.41, 5.74) is 4.95. The molecule has 1 unspecified atom stereocenters. The Balaban J connectivity index is 1.96. The van der Waals surface area contributed by atoms with Crippen LogP contribution in [0.2, 0.25) is 0 Å². The van der Waals surface area contributed by atoms with Crippen LogP contribution in [0, 0.1) is 0 Å². The fourth-order valence-electron chi connectivity index (χ4n) is 2.98. The monoisotopic (exact) mass is 267 g/mol. The van der Waals surface area contributed by atoms with Gasteiger partial charge in [0.2, 0.25) is 0 Å². The van der Waals surface area contributed by atoms with Gasteiger partial charge >= 0.3 is 0 Å². The molecule has 0 radical (unpaired) electrons. The van der Waals surface area contributed by atoms with E-state index in [-0.39, 0.29) is 0 Å². The molecular weight excluding hydrogens is 246 g/mol. The number of phenolic OH excluding ortho intramolecular Hbond substituents is 1. The first-order valence-corrected chi connectivity index (χ1v) is 7.33. The van der Waals surface area contributed by atoms with Crippen molar-refractivity contribution < 1.29 is 5.11 Å². The number of fused-ring (bicyclic) bond motifs is 1. The largest absolute Gasteiger partial charge is 0.508 e. The highest BCUT2D eigenvalue weighted by atomic mass is 16.3. The highest BCUT2D eigenvalue weighted by molar-refractivity contribution is 5.46. The van der Waals surface area contributed by atoms with Gasteiger partial charge in [-0.3, -0.25) is 0 Å². The highest BCUT2D eigenvalue weighted by Gasteiger charge is 2.17. The first-order chi connectivity index (χ1) is 9.74. The molecule has 0 bridgehead atoms. The Bertz CT molecular complexity index is 592. The summed E-state index contributed by atoms with van der Waals surface area (Å²) in [4.78, 5) is 0. The number of hydrogen-bond donors (Lipinski definition) is 2. The van der Waals surface area contributed by atoms with E-state index in [1.807, 2.05) is 24.3 Å². The number of phenols is 1. The third-order valence-corrected chi connectivity index (χ3v) is 4.13. The zero-order chi connectivity index (χ0) is 13.9. The van der Waals surface area contributed by atoms with Crippen molar-refractivity contribution in [3.8, 4) is 5.75 Å². The second-order valence-electron chi connectivity index (χ2n) is 5.70. The molecule has 20 heavy (non-hydrogen) atoms. The minimum absolute atomic E-state index is 0.432. The van der Waals surface area contributed by atoms with Gasteiger partial charge in [0, 0.05) is 13.0 Å². The lowest BCUT2D eigenvalue weighted by Gasteiger charge is -2.15. The van der Waals surface area contributed by atoms with E-state index < -0.39 is 0 Å². The zero-order valence-corrected chi connectivity index (χ0v) is 11.9. The standard InChI is InChI=1S/C18H21NO/c1-13-12-19-8-7-15-11-18(20)16(10-17(13)15)9-14-5-3-2-4-6-14/h2-6,10-11,13,19-20H,7-9,12H2,1H3. The summed E-state index contributed by atoms with van der Waals surface area (Å²) in [6.07, 6.45) is 1.79. The third-order valence-electron chi connectivity index (χ3n) is 4.13. The van der Waals surface area contributed by atoms with Crippen LogP contribution in [0.25, 0.3) is 0 Å². The number of benzene rings is 2. The van der Waals surface area contributed by atoms with Crippen molar-refractivity contribution in [2.24, 2.45) is 0 Å². The molecule has 3 rings (SSSR count). The summed E-state index contributed by atoms with van der Waals surface area (Å²) in [6.45, 7) is 4.26. The van der Waals surface area contributed by atoms with Gasteiger partial charge in [-0.25, -0.2) is 0 Å². The summed E-state index contributed by atoms with van der Waals surface area (Å²) in [5.74, 6) is 0.935. The van der Waals surface area contributed by atoms with E-state index in [4.69, 9.17) is 0 Å². The number of nitrogens with one attached hydrogen (secondary N) is 1. The second-order valence-corrected chi connectivity index (χ2v) is 5.70. The van der Waals surface area contributed by atoms with Crippen molar-refractivity contribution in [3.63, 3.8) is 0 Å². The van der Waals surface area contributed by atoms with Crippen LogP contribution >= 0.6 is 0 Å².